The van der Waals surface area contributed by atoms with Crippen molar-refractivity contribution < 1.29 is 29.7 Å². The fourth-order valence-electron chi connectivity index (χ4n) is 3.10. The van der Waals surface area contributed by atoms with Crippen molar-refractivity contribution in [1.82, 2.24) is 15.1 Å². The molecule has 1 aromatic heterocycles. The normalized spacial score (nSPS) is 12.7. The average Bonchev–Trinajstić information content (AvgIpc) is 3.18. The van der Waals surface area contributed by atoms with E-state index in [1.165, 1.54) is 4.68 Å². The second-order valence-corrected chi connectivity index (χ2v) is 6.92. The van der Waals surface area contributed by atoms with Crippen molar-refractivity contribution in [3.8, 4) is 0 Å². The largest absolute Gasteiger partial charge is 0.479 e. The quantitative estimate of drug-likeness (QED) is 0.408. The highest BCUT2D eigenvalue weighted by atomic mass is 16.4. The fraction of sp³-hybridized carbons (Fsp3) is 0.182. The number of carbonyl (C=O) groups is 3. The summed E-state index contributed by atoms with van der Waals surface area (Å²) in [5, 5.41) is 35.3. The summed E-state index contributed by atoms with van der Waals surface area (Å²) >= 11 is 0. The molecule has 3 rings (SSSR count). The summed E-state index contributed by atoms with van der Waals surface area (Å²) in [6.45, 7) is 0.140. The van der Waals surface area contributed by atoms with Gasteiger partial charge in [-0.05, 0) is 17.5 Å². The molecule has 0 saturated carbocycles. The zero-order chi connectivity index (χ0) is 22.4. The topological polar surface area (TPSA) is 142 Å². The molecule has 1 heterocycles. The van der Waals surface area contributed by atoms with Gasteiger partial charge in [-0.15, -0.1) is 0 Å². The predicted octanol–water partition coefficient (Wildman–Crippen LogP) is 1.42. The highest BCUT2D eigenvalue weighted by Crippen LogP contribution is 2.12. The summed E-state index contributed by atoms with van der Waals surface area (Å²) in [5.41, 5.74) is 1.13. The first-order chi connectivity index (χ1) is 14.8. The van der Waals surface area contributed by atoms with Crippen LogP contribution in [0.3, 0.4) is 0 Å². The Balaban J connectivity index is 1.83. The van der Waals surface area contributed by atoms with E-state index in [0.29, 0.717) is 5.56 Å². The Labute approximate surface area is 177 Å². The number of hydrogen-bond acceptors (Lipinski definition) is 5. The molecule has 31 heavy (non-hydrogen) atoms. The number of aliphatic hydroxyl groups is 1. The van der Waals surface area contributed by atoms with E-state index in [2.05, 4.69) is 10.4 Å². The number of carboxylic acid groups (broad SMARTS) is 2. The van der Waals surface area contributed by atoms with Crippen LogP contribution < -0.4 is 5.32 Å². The van der Waals surface area contributed by atoms with Gasteiger partial charge in [-0.2, -0.15) is 5.10 Å². The third-order valence-electron chi connectivity index (χ3n) is 4.66. The van der Waals surface area contributed by atoms with E-state index in [1.54, 1.807) is 54.6 Å². The van der Waals surface area contributed by atoms with Crippen LogP contribution in [0.1, 0.15) is 32.1 Å². The molecule has 9 heteroatoms. The number of benzene rings is 2. The molecule has 2 aromatic carbocycles. The maximum Gasteiger partial charge on any atom is 0.354 e. The first-order valence-electron chi connectivity index (χ1n) is 9.46. The number of nitrogens with zero attached hydrogens (tertiary/aromatic N) is 2. The molecule has 9 nitrogen and oxygen atoms in total. The fourth-order valence-corrected chi connectivity index (χ4v) is 3.10. The maximum atomic E-state index is 12.7. The van der Waals surface area contributed by atoms with E-state index in [-0.39, 0.29) is 24.4 Å². The molecule has 4 N–H and O–H groups in total. The zero-order valence-corrected chi connectivity index (χ0v) is 16.4. The van der Waals surface area contributed by atoms with Crippen LogP contribution in [0.15, 0.2) is 66.7 Å². The minimum Gasteiger partial charge on any atom is -0.479 e. The van der Waals surface area contributed by atoms with Gasteiger partial charge in [0.15, 0.2) is 11.8 Å². The summed E-state index contributed by atoms with van der Waals surface area (Å²) in [6.07, 6.45) is -1.79. The summed E-state index contributed by atoms with van der Waals surface area (Å²) in [6, 6.07) is 17.8. The number of hydrogen-bond donors (Lipinski definition) is 4. The van der Waals surface area contributed by atoms with Gasteiger partial charge < -0.3 is 20.6 Å². The lowest BCUT2D eigenvalue weighted by molar-refractivity contribution is -0.148. The summed E-state index contributed by atoms with van der Waals surface area (Å²) < 4.78 is 1.19. The SMILES string of the molecule is O=C(NC(Cc1ccccc1)C(O)C(=O)O)c1cc(C(=O)O)n(Cc2ccccc2)n1. The number of amides is 1. The van der Waals surface area contributed by atoms with Gasteiger partial charge in [0.2, 0.25) is 0 Å². The van der Waals surface area contributed by atoms with E-state index >= 15 is 0 Å². The Bertz CT molecular complexity index is 1070. The zero-order valence-electron chi connectivity index (χ0n) is 16.4. The van der Waals surface area contributed by atoms with Crippen molar-refractivity contribution >= 4 is 17.8 Å². The lowest BCUT2D eigenvalue weighted by Gasteiger charge is -2.21. The molecule has 0 spiro atoms. The second kappa shape index (κ2) is 9.68. The van der Waals surface area contributed by atoms with Crippen molar-refractivity contribution in [3.05, 3.63) is 89.2 Å². The third-order valence-corrected chi connectivity index (χ3v) is 4.66. The van der Waals surface area contributed by atoms with Gasteiger partial charge >= 0.3 is 11.9 Å². The third kappa shape index (κ3) is 5.55. The van der Waals surface area contributed by atoms with E-state index in [1.807, 2.05) is 6.07 Å². The standard InChI is InChI=1S/C22H21N3O6/c26-19(22(30)31)16(11-14-7-3-1-4-8-14)23-20(27)17-12-18(21(28)29)25(24-17)13-15-9-5-2-6-10-15/h1-10,12,16,19,26H,11,13H2,(H,23,27)(H,28,29)(H,30,31). The van der Waals surface area contributed by atoms with Crippen molar-refractivity contribution in [1.29, 1.82) is 0 Å². The Morgan fingerprint density at radius 2 is 1.52 bits per heavy atom. The lowest BCUT2D eigenvalue weighted by Crippen LogP contribution is -2.48. The number of aliphatic carboxylic acids is 1. The molecule has 0 saturated heterocycles. The minimum atomic E-state index is -1.85. The first kappa shape index (κ1) is 21.7. The van der Waals surface area contributed by atoms with Crippen LogP contribution in [0.2, 0.25) is 0 Å². The summed E-state index contributed by atoms with van der Waals surface area (Å²) in [7, 11) is 0. The Hall–Kier alpha value is -3.98. The molecule has 1 amide bonds. The molecule has 0 aliphatic rings. The summed E-state index contributed by atoms with van der Waals surface area (Å²) in [4.78, 5) is 35.6. The number of aliphatic hydroxyl groups excluding tert-OH is 1. The molecule has 0 fully saturated rings. The molecule has 160 valence electrons. The van der Waals surface area contributed by atoms with Crippen molar-refractivity contribution in [2.75, 3.05) is 0 Å². The van der Waals surface area contributed by atoms with Gasteiger partial charge in [-0.3, -0.25) is 9.48 Å². The molecule has 2 atom stereocenters. The van der Waals surface area contributed by atoms with Crippen LogP contribution >= 0.6 is 0 Å². The highest BCUT2D eigenvalue weighted by Gasteiger charge is 2.29. The Kier molecular flexibility index (Phi) is 6.78. The summed E-state index contributed by atoms with van der Waals surface area (Å²) in [5.74, 6) is -3.52. The van der Waals surface area contributed by atoms with Gasteiger partial charge in [0.25, 0.3) is 5.91 Å². The van der Waals surface area contributed by atoms with Gasteiger partial charge in [0, 0.05) is 6.07 Å². The monoisotopic (exact) mass is 423 g/mol. The number of carboxylic acids is 2. The lowest BCUT2D eigenvalue weighted by atomic mass is 10.0. The van der Waals surface area contributed by atoms with Crippen molar-refractivity contribution in [3.63, 3.8) is 0 Å². The van der Waals surface area contributed by atoms with Crippen LogP contribution in [-0.4, -0.2) is 55.1 Å². The molecular weight excluding hydrogens is 402 g/mol. The molecular formula is C22H21N3O6. The smallest absolute Gasteiger partial charge is 0.354 e. The Morgan fingerprint density at radius 1 is 0.935 bits per heavy atom. The van der Waals surface area contributed by atoms with Crippen LogP contribution in [0.25, 0.3) is 0 Å². The van der Waals surface area contributed by atoms with Crippen molar-refractivity contribution in [2.24, 2.45) is 0 Å². The van der Waals surface area contributed by atoms with Crippen molar-refractivity contribution in [2.45, 2.75) is 25.1 Å². The predicted molar refractivity (Wildman–Crippen MR) is 110 cm³/mol. The molecule has 3 aromatic rings. The van der Waals surface area contributed by atoms with Gasteiger partial charge in [0.1, 0.15) is 5.69 Å². The molecule has 0 aliphatic heterocycles. The molecule has 0 aliphatic carbocycles. The van der Waals surface area contributed by atoms with Gasteiger partial charge in [-0.1, -0.05) is 60.7 Å². The highest BCUT2D eigenvalue weighted by molar-refractivity contribution is 5.96. The van der Waals surface area contributed by atoms with E-state index in [4.69, 9.17) is 0 Å². The maximum absolute atomic E-state index is 12.7. The van der Waals surface area contributed by atoms with E-state index < -0.39 is 30.0 Å². The second-order valence-electron chi connectivity index (χ2n) is 6.92. The molecule has 0 bridgehead atoms. The van der Waals surface area contributed by atoms with Crippen LogP contribution in [0, 0.1) is 0 Å². The number of nitrogens with one attached hydrogen (secondary N) is 1. The molecule has 2 unspecified atom stereocenters. The minimum absolute atomic E-state index is 0.0660. The number of aromatic carboxylic acids is 1. The molecule has 0 radical (unpaired) electrons. The van der Waals surface area contributed by atoms with Gasteiger partial charge in [-0.25, -0.2) is 9.59 Å². The van der Waals surface area contributed by atoms with Crippen LogP contribution in [0.4, 0.5) is 0 Å². The van der Waals surface area contributed by atoms with Crippen LogP contribution in [-0.2, 0) is 17.8 Å². The van der Waals surface area contributed by atoms with Gasteiger partial charge in [0.05, 0.1) is 12.6 Å². The Morgan fingerprint density at radius 3 is 2.06 bits per heavy atom. The average molecular weight is 423 g/mol. The number of rotatable bonds is 9. The van der Waals surface area contributed by atoms with E-state index in [9.17, 15) is 29.7 Å². The van der Waals surface area contributed by atoms with E-state index in [0.717, 1.165) is 11.6 Å². The number of aromatic nitrogens is 2. The first-order valence-corrected chi connectivity index (χ1v) is 9.46. The number of carbonyl (C=O) groups excluding carboxylic acids is 1. The van der Waals surface area contributed by atoms with Crippen LogP contribution in [0.5, 0.6) is 0 Å².